The Bertz CT molecular complexity index is 1010. The van der Waals surface area contributed by atoms with Crippen molar-refractivity contribution >= 4 is 11.1 Å². The number of allylic oxidation sites excluding steroid dienone is 1. The highest BCUT2D eigenvalue weighted by atomic mass is 19.1. The van der Waals surface area contributed by atoms with Crippen LogP contribution in [0.1, 0.15) is 30.0 Å². The molecule has 0 amide bonds. The second-order valence-electron chi connectivity index (χ2n) is 6.90. The maximum Gasteiger partial charge on any atom is 0.165 e. The molecule has 4 nitrogen and oxygen atoms in total. The lowest BCUT2D eigenvalue weighted by Gasteiger charge is -2.17. The molecule has 30 heavy (non-hydrogen) atoms. The fourth-order valence-electron chi connectivity index (χ4n) is 3.35. The van der Waals surface area contributed by atoms with Crippen LogP contribution in [0.3, 0.4) is 0 Å². The van der Waals surface area contributed by atoms with Gasteiger partial charge in [-0.1, -0.05) is 37.3 Å². The Labute approximate surface area is 176 Å². The average molecular weight is 407 g/mol. The summed E-state index contributed by atoms with van der Waals surface area (Å²) < 4.78 is 19.8. The van der Waals surface area contributed by atoms with Crippen molar-refractivity contribution in [1.82, 2.24) is 5.32 Å². The predicted molar refractivity (Wildman–Crippen MR) is 118 cm³/mol. The number of phenolic OH excluding ortho intramolecular Hbond substituents is 2. The summed E-state index contributed by atoms with van der Waals surface area (Å²) >= 11 is 0. The van der Waals surface area contributed by atoms with Crippen molar-refractivity contribution in [2.45, 2.75) is 13.3 Å². The van der Waals surface area contributed by atoms with E-state index in [2.05, 4.69) is 5.32 Å². The number of rotatable bonds is 8. The van der Waals surface area contributed by atoms with Crippen LogP contribution >= 0.6 is 0 Å². The highest BCUT2D eigenvalue weighted by molar-refractivity contribution is 5.98. The van der Waals surface area contributed by atoms with E-state index in [0.717, 1.165) is 34.6 Å². The molecule has 0 saturated heterocycles. The Balaban J connectivity index is 2.11. The van der Waals surface area contributed by atoms with Gasteiger partial charge in [0.05, 0.1) is 0 Å². The number of likely N-dealkylation sites (N-methyl/N-ethyl adjacent to an activating group) is 1. The number of ether oxygens (including phenoxy) is 1. The number of aromatic hydroxyl groups is 2. The summed E-state index contributed by atoms with van der Waals surface area (Å²) in [6, 6.07) is 19.2. The first-order chi connectivity index (χ1) is 14.5. The molecular weight excluding hydrogens is 381 g/mol. The van der Waals surface area contributed by atoms with Gasteiger partial charge in [0.2, 0.25) is 0 Å². The van der Waals surface area contributed by atoms with Crippen molar-refractivity contribution in [1.29, 1.82) is 0 Å². The monoisotopic (exact) mass is 407 g/mol. The van der Waals surface area contributed by atoms with Crippen molar-refractivity contribution < 1.29 is 19.3 Å². The first kappa shape index (κ1) is 21.4. The van der Waals surface area contributed by atoms with Gasteiger partial charge in [-0.2, -0.15) is 0 Å². The topological polar surface area (TPSA) is 61.7 Å². The molecule has 0 aliphatic carbocycles. The van der Waals surface area contributed by atoms with E-state index in [9.17, 15) is 14.6 Å². The number of hydrogen-bond acceptors (Lipinski definition) is 4. The second kappa shape index (κ2) is 9.94. The Morgan fingerprint density at radius 2 is 1.50 bits per heavy atom. The van der Waals surface area contributed by atoms with Crippen molar-refractivity contribution in [2.75, 3.05) is 20.2 Å². The second-order valence-corrected chi connectivity index (χ2v) is 6.90. The van der Waals surface area contributed by atoms with Crippen molar-refractivity contribution in [3.8, 4) is 17.2 Å². The van der Waals surface area contributed by atoms with Gasteiger partial charge in [-0.05, 0) is 77.7 Å². The van der Waals surface area contributed by atoms with Crippen LogP contribution < -0.4 is 10.1 Å². The lowest BCUT2D eigenvalue weighted by Crippen LogP contribution is -2.15. The first-order valence-electron chi connectivity index (χ1n) is 9.92. The Hall–Kier alpha value is -3.31. The summed E-state index contributed by atoms with van der Waals surface area (Å²) in [6.07, 6.45) is 0.654. The highest BCUT2D eigenvalue weighted by Gasteiger charge is 2.15. The average Bonchev–Trinajstić information content (AvgIpc) is 2.76. The smallest absolute Gasteiger partial charge is 0.165 e. The largest absolute Gasteiger partial charge is 0.508 e. The van der Waals surface area contributed by atoms with E-state index in [1.165, 1.54) is 12.1 Å². The Morgan fingerprint density at radius 1 is 0.900 bits per heavy atom. The van der Waals surface area contributed by atoms with Gasteiger partial charge in [-0.25, -0.2) is 4.39 Å². The molecule has 0 spiro atoms. The van der Waals surface area contributed by atoms with Crippen molar-refractivity contribution in [3.05, 3.63) is 89.2 Å². The third-order valence-electron chi connectivity index (χ3n) is 4.87. The van der Waals surface area contributed by atoms with E-state index in [-0.39, 0.29) is 11.5 Å². The molecule has 3 aromatic carbocycles. The van der Waals surface area contributed by atoms with E-state index in [0.29, 0.717) is 18.6 Å². The van der Waals surface area contributed by atoms with Crippen LogP contribution in [0.25, 0.3) is 11.1 Å². The zero-order valence-electron chi connectivity index (χ0n) is 17.2. The maximum absolute atomic E-state index is 14.1. The lowest BCUT2D eigenvalue weighted by atomic mass is 9.88. The van der Waals surface area contributed by atoms with Crippen molar-refractivity contribution in [3.63, 3.8) is 0 Å². The van der Waals surface area contributed by atoms with Gasteiger partial charge in [-0.3, -0.25) is 0 Å². The van der Waals surface area contributed by atoms with Crippen LogP contribution in [0.2, 0.25) is 0 Å². The van der Waals surface area contributed by atoms with Gasteiger partial charge >= 0.3 is 0 Å². The van der Waals surface area contributed by atoms with Gasteiger partial charge in [0.15, 0.2) is 11.6 Å². The number of benzene rings is 3. The quantitative estimate of drug-likeness (QED) is 0.355. The summed E-state index contributed by atoms with van der Waals surface area (Å²) in [5.74, 6) is -0.0758. The van der Waals surface area contributed by atoms with Gasteiger partial charge in [0.1, 0.15) is 18.1 Å². The normalized spacial score (nSPS) is 11.8. The molecule has 0 saturated carbocycles. The molecule has 156 valence electrons. The fourth-order valence-corrected chi connectivity index (χ4v) is 3.35. The molecule has 0 atom stereocenters. The minimum absolute atomic E-state index is 0.181. The Kier molecular flexibility index (Phi) is 7.09. The molecule has 0 bridgehead atoms. The predicted octanol–water partition coefficient (Wildman–Crippen LogP) is 5.20. The summed E-state index contributed by atoms with van der Waals surface area (Å²) in [5, 5.41) is 22.3. The van der Waals surface area contributed by atoms with Crippen LogP contribution in [0, 0.1) is 5.82 Å². The molecule has 0 aliphatic rings. The minimum Gasteiger partial charge on any atom is -0.508 e. The summed E-state index contributed by atoms with van der Waals surface area (Å²) in [5.41, 5.74) is 4.42. The standard InChI is InChI=1S/C25H26FNO3/c1-3-22(19-8-13-24(29)23(26)16-19)25(17-4-9-20(28)10-5-17)18-6-11-21(12-7-18)30-15-14-27-2/h4-13,16,27-29H,3,14-15H2,1-2H3. The minimum atomic E-state index is -0.656. The summed E-state index contributed by atoms with van der Waals surface area (Å²) in [4.78, 5) is 0. The number of halogens is 1. The molecule has 0 fully saturated rings. The number of phenols is 2. The molecule has 0 aromatic heterocycles. The van der Waals surface area contributed by atoms with Gasteiger partial charge in [0.25, 0.3) is 0 Å². The zero-order valence-corrected chi connectivity index (χ0v) is 17.2. The molecule has 3 aromatic rings. The molecule has 3 N–H and O–H groups in total. The van der Waals surface area contributed by atoms with Crippen LogP contribution in [-0.4, -0.2) is 30.4 Å². The SMILES string of the molecule is CCC(=C(c1ccc(O)cc1)c1ccc(OCCNC)cc1)c1ccc(O)c(F)c1. The first-order valence-corrected chi connectivity index (χ1v) is 9.92. The Morgan fingerprint density at radius 3 is 2.07 bits per heavy atom. The zero-order chi connectivity index (χ0) is 21.5. The van der Waals surface area contributed by atoms with Crippen LogP contribution in [0.5, 0.6) is 17.2 Å². The van der Waals surface area contributed by atoms with Crippen molar-refractivity contribution in [2.24, 2.45) is 0 Å². The van der Waals surface area contributed by atoms with Gasteiger partial charge in [0, 0.05) is 6.54 Å². The number of nitrogens with one attached hydrogen (secondary N) is 1. The maximum atomic E-state index is 14.1. The van der Waals surface area contributed by atoms with Crippen LogP contribution in [0.4, 0.5) is 4.39 Å². The highest BCUT2D eigenvalue weighted by Crippen LogP contribution is 2.36. The number of hydrogen-bond donors (Lipinski definition) is 3. The molecule has 3 rings (SSSR count). The summed E-state index contributed by atoms with van der Waals surface area (Å²) in [7, 11) is 1.87. The molecule has 0 radical (unpaired) electrons. The fraction of sp³-hybridized carbons (Fsp3) is 0.200. The van der Waals surface area contributed by atoms with E-state index in [4.69, 9.17) is 4.74 Å². The molecule has 5 heteroatoms. The lowest BCUT2D eigenvalue weighted by molar-refractivity contribution is 0.318. The molecule has 0 aliphatic heterocycles. The third-order valence-corrected chi connectivity index (χ3v) is 4.87. The molecule has 0 unspecified atom stereocenters. The van der Waals surface area contributed by atoms with E-state index < -0.39 is 5.82 Å². The van der Waals surface area contributed by atoms with E-state index in [1.54, 1.807) is 18.2 Å². The van der Waals surface area contributed by atoms with Gasteiger partial charge < -0.3 is 20.3 Å². The van der Waals surface area contributed by atoms with E-state index in [1.807, 2.05) is 50.4 Å². The van der Waals surface area contributed by atoms with Crippen LogP contribution in [0.15, 0.2) is 66.7 Å². The molecule has 0 heterocycles. The molecular formula is C25H26FNO3. The van der Waals surface area contributed by atoms with E-state index >= 15 is 0 Å². The summed E-state index contributed by atoms with van der Waals surface area (Å²) in [6.45, 7) is 3.34. The van der Waals surface area contributed by atoms with Gasteiger partial charge in [-0.15, -0.1) is 0 Å². The third kappa shape index (κ3) is 4.99. The van der Waals surface area contributed by atoms with Crippen LogP contribution in [-0.2, 0) is 0 Å².